The number of ether oxygens (including phenoxy) is 1. The maximum atomic E-state index is 12.1. The summed E-state index contributed by atoms with van der Waals surface area (Å²) in [5, 5.41) is 5.05. The molecule has 2 saturated heterocycles. The van der Waals surface area contributed by atoms with Crippen molar-refractivity contribution in [3.05, 3.63) is 0 Å². The van der Waals surface area contributed by atoms with Gasteiger partial charge in [-0.15, -0.1) is 0 Å². The summed E-state index contributed by atoms with van der Waals surface area (Å²) in [5.74, 6) is -0.412. The minimum absolute atomic E-state index is 0.0248. The Bertz CT molecular complexity index is 528. The Morgan fingerprint density at radius 2 is 2.00 bits per heavy atom. The van der Waals surface area contributed by atoms with Gasteiger partial charge in [0.05, 0.1) is 12.4 Å². The molecule has 0 aromatic carbocycles. The third-order valence-electron chi connectivity index (χ3n) is 4.14. The Balaban J connectivity index is 1.86. The van der Waals surface area contributed by atoms with E-state index in [1.165, 1.54) is 0 Å². The van der Waals surface area contributed by atoms with Gasteiger partial charge in [0.2, 0.25) is 15.9 Å². The minimum Gasteiger partial charge on any atom is -0.450 e. The van der Waals surface area contributed by atoms with Gasteiger partial charge in [0.25, 0.3) is 0 Å². The second kappa shape index (κ2) is 6.82. The zero-order chi connectivity index (χ0) is 16.3. The highest BCUT2D eigenvalue weighted by atomic mass is 32.2. The molecule has 2 heterocycles. The third kappa shape index (κ3) is 4.33. The summed E-state index contributed by atoms with van der Waals surface area (Å²) in [6.45, 7) is 3.64. The van der Waals surface area contributed by atoms with E-state index in [1.807, 2.05) is 0 Å². The Morgan fingerprint density at radius 1 is 1.36 bits per heavy atom. The van der Waals surface area contributed by atoms with Gasteiger partial charge in [0.1, 0.15) is 0 Å². The first kappa shape index (κ1) is 17.0. The Labute approximate surface area is 130 Å². The average molecular weight is 333 g/mol. The highest BCUT2D eigenvalue weighted by Crippen LogP contribution is 2.26. The number of primary sulfonamides is 1. The molecular formula is C13H23N3O5S. The number of amides is 2. The second-order valence-electron chi connectivity index (χ2n) is 5.86. The zero-order valence-electron chi connectivity index (χ0n) is 12.7. The Morgan fingerprint density at radius 3 is 2.55 bits per heavy atom. The van der Waals surface area contributed by atoms with Crippen LogP contribution in [0.5, 0.6) is 0 Å². The molecule has 22 heavy (non-hydrogen) atoms. The van der Waals surface area contributed by atoms with Gasteiger partial charge in [0, 0.05) is 38.0 Å². The fourth-order valence-electron chi connectivity index (χ4n) is 3.18. The van der Waals surface area contributed by atoms with E-state index in [2.05, 4.69) is 0 Å². The van der Waals surface area contributed by atoms with E-state index in [-0.39, 0.29) is 36.1 Å². The maximum absolute atomic E-state index is 12.1. The lowest BCUT2D eigenvalue weighted by atomic mass is 10.0. The third-order valence-corrected chi connectivity index (χ3v) is 5.07. The van der Waals surface area contributed by atoms with Gasteiger partial charge in [-0.05, 0) is 19.8 Å². The lowest BCUT2D eigenvalue weighted by Crippen LogP contribution is -2.47. The quantitative estimate of drug-likeness (QED) is 0.762. The van der Waals surface area contributed by atoms with Gasteiger partial charge in [0.15, 0.2) is 0 Å². The molecule has 0 bridgehead atoms. The van der Waals surface area contributed by atoms with Gasteiger partial charge in [-0.1, -0.05) is 0 Å². The maximum Gasteiger partial charge on any atom is 0.409 e. The summed E-state index contributed by atoms with van der Waals surface area (Å²) in [4.78, 5) is 27.1. The van der Waals surface area contributed by atoms with Crippen molar-refractivity contribution in [3.8, 4) is 0 Å². The van der Waals surface area contributed by atoms with E-state index < -0.39 is 10.0 Å². The first-order chi connectivity index (χ1) is 10.3. The fourth-order valence-corrected chi connectivity index (χ4v) is 4.06. The predicted molar refractivity (Wildman–Crippen MR) is 79.4 cm³/mol. The number of rotatable bonds is 4. The van der Waals surface area contributed by atoms with Crippen molar-refractivity contribution in [1.29, 1.82) is 0 Å². The molecule has 2 rings (SSSR count). The lowest BCUT2D eigenvalue weighted by molar-refractivity contribution is -0.130. The molecule has 2 aliphatic heterocycles. The van der Waals surface area contributed by atoms with Crippen molar-refractivity contribution in [3.63, 3.8) is 0 Å². The SMILES string of the molecule is CCOC(=O)N1CCC(N2CC(CS(N)(=O)=O)CC2=O)CC1. The van der Waals surface area contributed by atoms with Crippen molar-refractivity contribution in [2.75, 3.05) is 32.0 Å². The average Bonchev–Trinajstić information content (AvgIpc) is 2.77. The molecule has 2 fully saturated rings. The van der Waals surface area contributed by atoms with Crippen molar-refractivity contribution >= 4 is 22.0 Å². The molecule has 0 radical (unpaired) electrons. The Hall–Kier alpha value is -1.35. The summed E-state index contributed by atoms with van der Waals surface area (Å²) in [6.07, 6.45) is 1.29. The number of nitrogens with zero attached hydrogens (tertiary/aromatic N) is 2. The molecule has 8 nitrogen and oxygen atoms in total. The van der Waals surface area contributed by atoms with Gasteiger partial charge in [-0.3, -0.25) is 4.79 Å². The van der Waals surface area contributed by atoms with Crippen molar-refractivity contribution < 1.29 is 22.7 Å². The minimum atomic E-state index is -3.56. The highest BCUT2D eigenvalue weighted by Gasteiger charge is 2.37. The normalized spacial score (nSPS) is 23.9. The number of carbonyl (C=O) groups excluding carboxylic acids is 2. The summed E-state index contributed by atoms with van der Waals surface area (Å²) in [6, 6.07) is 0.0589. The van der Waals surface area contributed by atoms with Crippen molar-refractivity contribution in [1.82, 2.24) is 9.80 Å². The number of carbonyl (C=O) groups is 2. The van der Waals surface area contributed by atoms with Crippen LogP contribution in [0.3, 0.4) is 0 Å². The molecular weight excluding hydrogens is 310 g/mol. The van der Waals surface area contributed by atoms with Crippen LogP contribution < -0.4 is 5.14 Å². The fraction of sp³-hybridized carbons (Fsp3) is 0.846. The largest absolute Gasteiger partial charge is 0.450 e. The van der Waals surface area contributed by atoms with Crippen LogP contribution in [0, 0.1) is 5.92 Å². The van der Waals surface area contributed by atoms with Crippen LogP contribution in [0.15, 0.2) is 0 Å². The molecule has 0 aromatic heterocycles. The first-order valence-corrected chi connectivity index (χ1v) is 9.23. The van der Waals surface area contributed by atoms with E-state index in [4.69, 9.17) is 9.88 Å². The van der Waals surface area contributed by atoms with Crippen LogP contribution in [-0.4, -0.2) is 68.3 Å². The molecule has 1 atom stereocenters. The van der Waals surface area contributed by atoms with Crippen LogP contribution in [0.1, 0.15) is 26.2 Å². The molecule has 0 aliphatic carbocycles. The molecule has 0 aromatic rings. The first-order valence-electron chi connectivity index (χ1n) is 7.51. The van der Waals surface area contributed by atoms with Crippen LogP contribution in [-0.2, 0) is 19.6 Å². The number of piperidine rings is 1. The standard InChI is InChI=1S/C13H23N3O5S/c1-2-21-13(18)15-5-3-11(4-6-15)16-8-10(7-12(16)17)9-22(14,19)20/h10-11H,2-9H2,1H3,(H2,14,19,20). The monoisotopic (exact) mass is 333 g/mol. The van der Waals surface area contributed by atoms with Crippen molar-refractivity contribution in [2.24, 2.45) is 11.1 Å². The number of likely N-dealkylation sites (tertiary alicyclic amines) is 2. The topological polar surface area (TPSA) is 110 Å². The zero-order valence-corrected chi connectivity index (χ0v) is 13.5. The van der Waals surface area contributed by atoms with Gasteiger partial charge in [-0.25, -0.2) is 18.4 Å². The molecule has 0 saturated carbocycles. The predicted octanol–water partition coefficient (Wildman–Crippen LogP) is -0.256. The number of hydrogen-bond donors (Lipinski definition) is 1. The molecule has 2 amide bonds. The number of hydrogen-bond acceptors (Lipinski definition) is 5. The molecule has 2 aliphatic rings. The molecule has 126 valence electrons. The number of sulfonamides is 1. The van der Waals surface area contributed by atoms with Crippen LogP contribution >= 0.6 is 0 Å². The van der Waals surface area contributed by atoms with Gasteiger partial charge < -0.3 is 14.5 Å². The van der Waals surface area contributed by atoms with E-state index >= 15 is 0 Å². The Kier molecular flexibility index (Phi) is 5.28. The molecule has 1 unspecified atom stereocenters. The van der Waals surface area contributed by atoms with Crippen LogP contribution in [0.25, 0.3) is 0 Å². The van der Waals surface area contributed by atoms with E-state index in [0.29, 0.717) is 39.1 Å². The van der Waals surface area contributed by atoms with E-state index in [0.717, 1.165) is 0 Å². The molecule has 2 N–H and O–H groups in total. The number of nitrogens with two attached hydrogens (primary N) is 1. The summed E-state index contributed by atoms with van der Waals surface area (Å²) < 4.78 is 27.3. The van der Waals surface area contributed by atoms with Gasteiger partial charge in [-0.2, -0.15) is 0 Å². The second-order valence-corrected chi connectivity index (χ2v) is 7.52. The summed E-state index contributed by atoms with van der Waals surface area (Å²) in [7, 11) is -3.56. The van der Waals surface area contributed by atoms with E-state index in [9.17, 15) is 18.0 Å². The molecule has 0 spiro atoms. The van der Waals surface area contributed by atoms with Gasteiger partial charge >= 0.3 is 6.09 Å². The van der Waals surface area contributed by atoms with Crippen LogP contribution in [0.4, 0.5) is 4.79 Å². The highest BCUT2D eigenvalue weighted by molar-refractivity contribution is 7.89. The van der Waals surface area contributed by atoms with Crippen molar-refractivity contribution in [2.45, 2.75) is 32.2 Å². The summed E-state index contributed by atoms with van der Waals surface area (Å²) in [5.41, 5.74) is 0. The molecule has 9 heteroatoms. The van der Waals surface area contributed by atoms with E-state index in [1.54, 1.807) is 16.7 Å². The lowest BCUT2D eigenvalue weighted by Gasteiger charge is -2.36. The smallest absolute Gasteiger partial charge is 0.409 e. The van der Waals surface area contributed by atoms with Crippen LogP contribution in [0.2, 0.25) is 0 Å². The summed E-state index contributed by atoms with van der Waals surface area (Å²) >= 11 is 0.